The maximum Gasteiger partial charge on any atom is 0.343 e. The SMILES string of the molecule is CCOc1ccc(C(=O)Oc2cccc([N+](=O)[O-])c2)cc1Cl. The molecule has 7 heteroatoms. The minimum Gasteiger partial charge on any atom is -0.492 e. The predicted molar refractivity (Wildman–Crippen MR) is 80.7 cm³/mol. The molecule has 6 nitrogen and oxygen atoms in total. The normalized spacial score (nSPS) is 10.1. The quantitative estimate of drug-likeness (QED) is 0.361. The van der Waals surface area contributed by atoms with Crippen molar-refractivity contribution in [2.45, 2.75) is 6.92 Å². The molecule has 0 spiro atoms. The Labute approximate surface area is 131 Å². The van der Waals surface area contributed by atoms with Crippen molar-refractivity contribution in [1.29, 1.82) is 0 Å². The number of hydrogen-bond acceptors (Lipinski definition) is 5. The van der Waals surface area contributed by atoms with Gasteiger partial charge in [0.2, 0.25) is 0 Å². The number of carbonyl (C=O) groups is 1. The van der Waals surface area contributed by atoms with Crippen LogP contribution in [0.5, 0.6) is 11.5 Å². The zero-order chi connectivity index (χ0) is 16.1. The number of nitrogens with zero attached hydrogens (tertiary/aromatic N) is 1. The Balaban J connectivity index is 2.17. The molecule has 0 saturated carbocycles. The first-order chi connectivity index (χ1) is 10.5. The van der Waals surface area contributed by atoms with E-state index in [0.717, 1.165) is 0 Å². The summed E-state index contributed by atoms with van der Waals surface area (Å²) in [6, 6.07) is 9.88. The van der Waals surface area contributed by atoms with E-state index in [1.54, 1.807) is 6.07 Å². The largest absolute Gasteiger partial charge is 0.492 e. The lowest BCUT2D eigenvalue weighted by Gasteiger charge is -2.08. The fourth-order valence-corrected chi connectivity index (χ4v) is 1.96. The predicted octanol–water partition coefficient (Wildman–Crippen LogP) is 3.87. The molecule has 0 N–H and O–H groups in total. The van der Waals surface area contributed by atoms with Crippen LogP contribution in [0.3, 0.4) is 0 Å². The molecule has 2 rings (SSSR count). The minimum atomic E-state index is -0.662. The van der Waals surface area contributed by atoms with E-state index in [1.807, 2.05) is 6.92 Å². The molecule has 0 saturated heterocycles. The number of benzene rings is 2. The van der Waals surface area contributed by atoms with Gasteiger partial charge < -0.3 is 9.47 Å². The molecule has 0 radical (unpaired) electrons. The highest BCUT2D eigenvalue weighted by Crippen LogP contribution is 2.26. The summed E-state index contributed by atoms with van der Waals surface area (Å²) in [4.78, 5) is 22.1. The smallest absolute Gasteiger partial charge is 0.343 e. The highest BCUT2D eigenvalue weighted by Gasteiger charge is 2.13. The number of esters is 1. The van der Waals surface area contributed by atoms with Crippen molar-refractivity contribution in [3.05, 3.63) is 63.2 Å². The van der Waals surface area contributed by atoms with E-state index >= 15 is 0 Å². The Morgan fingerprint density at radius 2 is 2.05 bits per heavy atom. The van der Waals surface area contributed by atoms with E-state index in [9.17, 15) is 14.9 Å². The maximum absolute atomic E-state index is 12.0. The number of rotatable bonds is 5. The highest BCUT2D eigenvalue weighted by atomic mass is 35.5. The molecule has 0 fully saturated rings. The first-order valence-electron chi connectivity index (χ1n) is 6.40. The summed E-state index contributed by atoms with van der Waals surface area (Å²) in [5, 5.41) is 11.0. The molecule has 0 aliphatic heterocycles. The standard InChI is InChI=1S/C15H12ClNO5/c1-2-21-14-7-6-10(8-13(14)16)15(18)22-12-5-3-4-11(9-12)17(19)20/h3-9H,2H2,1H3. The maximum atomic E-state index is 12.0. The summed E-state index contributed by atoms with van der Waals surface area (Å²) in [7, 11) is 0. The second-order valence-electron chi connectivity index (χ2n) is 4.22. The molecule has 22 heavy (non-hydrogen) atoms. The van der Waals surface area contributed by atoms with Crippen LogP contribution in [-0.4, -0.2) is 17.5 Å². The molecular formula is C15H12ClNO5. The molecule has 0 amide bonds. The van der Waals surface area contributed by atoms with Gasteiger partial charge in [0.25, 0.3) is 5.69 Å². The number of nitro groups is 1. The Hall–Kier alpha value is -2.60. The molecule has 114 valence electrons. The lowest BCUT2D eigenvalue weighted by Crippen LogP contribution is -2.08. The van der Waals surface area contributed by atoms with Gasteiger partial charge in [0, 0.05) is 6.07 Å². The van der Waals surface area contributed by atoms with Crippen molar-refractivity contribution in [2.75, 3.05) is 6.61 Å². The molecule has 0 aromatic heterocycles. The second-order valence-corrected chi connectivity index (χ2v) is 4.63. The van der Waals surface area contributed by atoms with E-state index in [4.69, 9.17) is 21.1 Å². The number of ether oxygens (including phenoxy) is 2. The van der Waals surface area contributed by atoms with Crippen LogP contribution >= 0.6 is 11.6 Å². The minimum absolute atomic E-state index is 0.0872. The molecule has 0 bridgehead atoms. The van der Waals surface area contributed by atoms with Gasteiger partial charge in [-0.2, -0.15) is 0 Å². The van der Waals surface area contributed by atoms with Gasteiger partial charge in [0.05, 0.1) is 28.2 Å². The van der Waals surface area contributed by atoms with Crippen molar-refractivity contribution in [3.8, 4) is 11.5 Å². The third-order valence-electron chi connectivity index (χ3n) is 2.71. The van der Waals surface area contributed by atoms with Gasteiger partial charge in [-0.3, -0.25) is 10.1 Å². The zero-order valence-electron chi connectivity index (χ0n) is 11.6. The molecule has 2 aromatic carbocycles. The fraction of sp³-hybridized carbons (Fsp3) is 0.133. The third kappa shape index (κ3) is 3.73. The van der Waals surface area contributed by atoms with Gasteiger partial charge >= 0.3 is 5.97 Å². The molecule has 0 aliphatic rings. The van der Waals surface area contributed by atoms with Crippen molar-refractivity contribution in [3.63, 3.8) is 0 Å². The van der Waals surface area contributed by atoms with Gasteiger partial charge in [-0.15, -0.1) is 0 Å². The Kier molecular flexibility index (Phi) is 4.95. The fourth-order valence-electron chi connectivity index (χ4n) is 1.73. The number of non-ortho nitro benzene ring substituents is 1. The Morgan fingerprint density at radius 1 is 1.27 bits per heavy atom. The van der Waals surface area contributed by atoms with Crippen LogP contribution in [0.4, 0.5) is 5.69 Å². The second kappa shape index (κ2) is 6.91. The number of carbonyl (C=O) groups excluding carboxylic acids is 1. The van der Waals surface area contributed by atoms with E-state index < -0.39 is 10.9 Å². The number of hydrogen-bond donors (Lipinski definition) is 0. The van der Waals surface area contributed by atoms with Crippen LogP contribution in [0.25, 0.3) is 0 Å². The lowest BCUT2D eigenvalue weighted by atomic mass is 10.2. The van der Waals surface area contributed by atoms with Gasteiger partial charge in [0.15, 0.2) is 0 Å². The summed E-state index contributed by atoms with van der Waals surface area (Å²) in [5.41, 5.74) is 0.0648. The van der Waals surface area contributed by atoms with Crippen LogP contribution < -0.4 is 9.47 Å². The molecule has 0 heterocycles. The lowest BCUT2D eigenvalue weighted by molar-refractivity contribution is -0.384. The van der Waals surface area contributed by atoms with Crippen molar-refractivity contribution in [1.82, 2.24) is 0 Å². The highest BCUT2D eigenvalue weighted by molar-refractivity contribution is 6.32. The average Bonchev–Trinajstić information content (AvgIpc) is 2.49. The summed E-state index contributed by atoms with van der Waals surface area (Å²) >= 11 is 6.00. The topological polar surface area (TPSA) is 78.7 Å². The Bertz CT molecular complexity index is 717. The van der Waals surface area contributed by atoms with Gasteiger partial charge in [-0.05, 0) is 31.2 Å². The van der Waals surface area contributed by atoms with E-state index in [0.29, 0.717) is 12.4 Å². The first-order valence-corrected chi connectivity index (χ1v) is 6.78. The van der Waals surface area contributed by atoms with Crippen LogP contribution in [0.1, 0.15) is 17.3 Å². The molecule has 2 aromatic rings. The molecular weight excluding hydrogens is 310 g/mol. The van der Waals surface area contributed by atoms with Crippen LogP contribution in [-0.2, 0) is 0 Å². The number of nitro benzene ring substituents is 1. The molecule has 0 unspecified atom stereocenters. The summed E-state index contributed by atoms with van der Waals surface area (Å²) in [6.45, 7) is 2.28. The molecule has 0 aliphatic carbocycles. The number of halogens is 1. The third-order valence-corrected chi connectivity index (χ3v) is 3.00. The van der Waals surface area contributed by atoms with E-state index in [1.165, 1.54) is 36.4 Å². The van der Waals surface area contributed by atoms with Crippen molar-refractivity contribution < 1.29 is 19.2 Å². The molecule has 0 atom stereocenters. The van der Waals surface area contributed by atoms with Gasteiger partial charge in [-0.25, -0.2) is 4.79 Å². The van der Waals surface area contributed by atoms with Crippen molar-refractivity contribution in [2.24, 2.45) is 0 Å². The Morgan fingerprint density at radius 3 is 2.68 bits per heavy atom. The average molecular weight is 322 g/mol. The van der Waals surface area contributed by atoms with Crippen LogP contribution in [0, 0.1) is 10.1 Å². The van der Waals surface area contributed by atoms with Crippen LogP contribution in [0.2, 0.25) is 5.02 Å². The van der Waals surface area contributed by atoms with E-state index in [2.05, 4.69) is 0 Å². The van der Waals surface area contributed by atoms with Crippen molar-refractivity contribution >= 4 is 23.3 Å². The monoisotopic (exact) mass is 321 g/mol. The van der Waals surface area contributed by atoms with Crippen LogP contribution in [0.15, 0.2) is 42.5 Å². The summed E-state index contributed by atoms with van der Waals surface area (Å²) in [6.07, 6.45) is 0. The summed E-state index contributed by atoms with van der Waals surface area (Å²) in [5.74, 6) is -0.106. The van der Waals surface area contributed by atoms with Gasteiger partial charge in [0.1, 0.15) is 11.5 Å². The summed E-state index contributed by atoms with van der Waals surface area (Å²) < 4.78 is 10.4. The van der Waals surface area contributed by atoms with Gasteiger partial charge in [-0.1, -0.05) is 17.7 Å². The van der Waals surface area contributed by atoms with E-state index in [-0.39, 0.29) is 22.0 Å². The zero-order valence-corrected chi connectivity index (χ0v) is 12.4. The first kappa shape index (κ1) is 15.8.